The summed E-state index contributed by atoms with van der Waals surface area (Å²) in [4.78, 5) is 10.5. The van der Waals surface area contributed by atoms with Crippen molar-refractivity contribution in [3.63, 3.8) is 0 Å². The Morgan fingerprint density at radius 3 is 2.88 bits per heavy atom. The first-order chi connectivity index (χ1) is 12.3. The van der Waals surface area contributed by atoms with Crippen molar-refractivity contribution >= 4 is 38.0 Å². The summed E-state index contributed by atoms with van der Waals surface area (Å²) in [5.74, 6) is -0.425. The molecule has 2 rings (SSSR count). The molecule has 0 radical (unpaired) electrons. The molecule has 0 spiro atoms. The molecule has 1 aliphatic rings. The first kappa shape index (κ1) is 20.9. The van der Waals surface area contributed by atoms with Gasteiger partial charge in [-0.15, -0.1) is 0 Å². The Balaban J connectivity index is 1.79. The Bertz CT molecular complexity index is 773. The van der Waals surface area contributed by atoms with Gasteiger partial charge in [0.25, 0.3) is 0 Å². The first-order valence-electron chi connectivity index (χ1n) is 8.68. The van der Waals surface area contributed by atoms with Crippen molar-refractivity contribution in [1.29, 1.82) is 0 Å². The highest BCUT2D eigenvalue weighted by Gasteiger charge is 2.25. The van der Waals surface area contributed by atoms with Crippen LogP contribution < -0.4 is 4.72 Å². The zero-order chi connectivity index (χ0) is 19.0. The molecule has 2 atom stereocenters. The van der Waals surface area contributed by atoms with Gasteiger partial charge in [-0.3, -0.25) is 4.79 Å². The van der Waals surface area contributed by atoms with E-state index in [1.807, 2.05) is 30.3 Å². The number of sulfonamides is 1. The third-order valence-electron chi connectivity index (χ3n) is 4.26. The van der Waals surface area contributed by atoms with Crippen molar-refractivity contribution in [2.45, 2.75) is 44.6 Å². The molecule has 0 aromatic heterocycles. The molecule has 1 aromatic rings. The summed E-state index contributed by atoms with van der Waals surface area (Å²) >= 11 is 3.36. The number of hydrogen-bond acceptors (Lipinski definition) is 3. The number of halogens is 1. The van der Waals surface area contributed by atoms with Crippen molar-refractivity contribution < 1.29 is 18.3 Å². The van der Waals surface area contributed by atoms with Gasteiger partial charge in [0.1, 0.15) is 0 Å². The second kappa shape index (κ2) is 10.0. The molecule has 26 heavy (non-hydrogen) atoms. The third-order valence-corrected chi connectivity index (χ3v) is 5.91. The number of benzene rings is 1. The standard InChI is InChI=1S/C19H24BrNO4S/c20-17-7-4-6-16(13-17)11-12-26(24,25)21-18-10-9-15(14-18)5-2-1-3-8-19(22)23/h2,4-7,11-13,15,18,21H,1,3,8-10,14H2,(H,22,23)/b5-2+,12-11+. The minimum atomic E-state index is -3.47. The van der Waals surface area contributed by atoms with Crippen LogP contribution in [0.5, 0.6) is 0 Å². The van der Waals surface area contributed by atoms with Crippen molar-refractivity contribution in [2.24, 2.45) is 5.92 Å². The molecule has 0 saturated heterocycles. The average Bonchev–Trinajstić information content (AvgIpc) is 2.99. The highest BCUT2D eigenvalue weighted by atomic mass is 79.9. The minimum absolute atomic E-state index is 0.0548. The van der Waals surface area contributed by atoms with Gasteiger partial charge >= 0.3 is 5.97 Å². The maximum atomic E-state index is 12.2. The zero-order valence-electron chi connectivity index (χ0n) is 14.5. The smallest absolute Gasteiger partial charge is 0.303 e. The molecule has 7 heteroatoms. The van der Waals surface area contributed by atoms with E-state index >= 15 is 0 Å². The van der Waals surface area contributed by atoms with Gasteiger partial charge in [-0.25, -0.2) is 13.1 Å². The van der Waals surface area contributed by atoms with E-state index in [1.165, 1.54) is 5.41 Å². The van der Waals surface area contributed by atoms with Gasteiger partial charge in [0.15, 0.2) is 0 Å². The van der Waals surface area contributed by atoms with Crippen LogP contribution in [0.25, 0.3) is 6.08 Å². The Kier molecular flexibility index (Phi) is 8.06. The first-order valence-corrected chi connectivity index (χ1v) is 11.0. The van der Waals surface area contributed by atoms with Crippen molar-refractivity contribution in [3.8, 4) is 0 Å². The molecule has 142 valence electrons. The lowest BCUT2D eigenvalue weighted by Gasteiger charge is -2.10. The Labute approximate surface area is 163 Å². The molecule has 1 aliphatic carbocycles. The summed E-state index contributed by atoms with van der Waals surface area (Å²) in [6, 6.07) is 7.39. The van der Waals surface area contributed by atoms with E-state index in [0.29, 0.717) is 12.3 Å². The van der Waals surface area contributed by atoms with Gasteiger partial charge in [-0.05, 0) is 61.8 Å². The molecule has 1 saturated carbocycles. The van der Waals surface area contributed by atoms with Crippen LogP contribution >= 0.6 is 15.9 Å². The molecule has 2 N–H and O–H groups in total. The highest BCUT2D eigenvalue weighted by Crippen LogP contribution is 2.27. The minimum Gasteiger partial charge on any atom is -0.481 e. The number of carboxylic acid groups (broad SMARTS) is 1. The molecule has 2 unspecified atom stereocenters. The van der Waals surface area contributed by atoms with Crippen LogP contribution in [0.3, 0.4) is 0 Å². The molecule has 0 heterocycles. The molecule has 5 nitrogen and oxygen atoms in total. The maximum absolute atomic E-state index is 12.2. The van der Waals surface area contributed by atoms with E-state index in [0.717, 1.165) is 35.7 Å². The topological polar surface area (TPSA) is 83.5 Å². The number of unbranched alkanes of at least 4 members (excludes halogenated alkanes) is 1. The number of rotatable bonds is 9. The van der Waals surface area contributed by atoms with Crippen molar-refractivity contribution in [2.75, 3.05) is 0 Å². The normalized spacial score (nSPS) is 21.0. The predicted molar refractivity (Wildman–Crippen MR) is 107 cm³/mol. The van der Waals surface area contributed by atoms with E-state index in [2.05, 4.69) is 26.7 Å². The van der Waals surface area contributed by atoms with E-state index in [4.69, 9.17) is 5.11 Å². The highest BCUT2D eigenvalue weighted by molar-refractivity contribution is 9.10. The summed E-state index contributed by atoms with van der Waals surface area (Å²) < 4.78 is 28.1. The fraction of sp³-hybridized carbons (Fsp3) is 0.421. The van der Waals surface area contributed by atoms with Crippen LogP contribution in [-0.4, -0.2) is 25.5 Å². The van der Waals surface area contributed by atoms with Gasteiger partial charge in [0.05, 0.1) is 0 Å². The van der Waals surface area contributed by atoms with E-state index in [1.54, 1.807) is 6.08 Å². The van der Waals surface area contributed by atoms with E-state index < -0.39 is 16.0 Å². The van der Waals surface area contributed by atoms with Crippen molar-refractivity contribution in [3.05, 3.63) is 51.9 Å². The van der Waals surface area contributed by atoms with Crippen LogP contribution in [0.1, 0.15) is 44.1 Å². The monoisotopic (exact) mass is 441 g/mol. The molecule has 0 aliphatic heterocycles. The zero-order valence-corrected chi connectivity index (χ0v) is 16.9. The van der Waals surface area contributed by atoms with E-state index in [9.17, 15) is 13.2 Å². The van der Waals surface area contributed by atoms with Crippen LogP contribution in [0, 0.1) is 5.92 Å². The lowest BCUT2D eigenvalue weighted by atomic mass is 10.1. The number of nitrogens with one attached hydrogen (secondary N) is 1. The maximum Gasteiger partial charge on any atom is 0.303 e. The predicted octanol–water partition coefficient (Wildman–Crippen LogP) is 4.32. The van der Waals surface area contributed by atoms with E-state index in [-0.39, 0.29) is 12.5 Å². The Morgan fingerprint density at radius 2 is 2.15 bits per heavy atom. The lowest BCUT2D eigenvalue weighted by molar-refractivity contribution is -0.137. The van der Waals surface area contributed by atoms with Gasteiger partial charge < -0.3 is 5.11 Å². The summed E-state index contributed by atoms with van der Waals surface area (Å²) in [5, 5.41) is 9.81. The molecule has 0 amide bonds. The fourth-order valence-electron chi connectivity index (χ4n) is 3.01. The quantitative estimate of drug-likeness (QED) is 0.441. The lowest BCUT2D eigenvalue weighted by Crippen LogP contribution is -2.31. The fourth-order valence-corrected chi connectivity index (χ4v) is 4.52. The summed E-state index contributed by atoms with van der Waals surface area (Å²) in [6.45, 7) is 0. The van der Waals surface area contributed by atoms with Gasteiger partial charge in [-0.2, -0.15) is 0 Å². The van der Waals surface area contributed by atoms with Crippen LogP contribution in [0.15, 0.2) is 46.3 Å². The van der Waals surface area contributed by atoms with Crippen LogP contribution in [0.4, 0.5) is 0 Å². The van der Waals surface area contributed by atoms with Gasteiger partial charge in [0, 0.05) is 22.3 Å². The SMILES string of the molecule is O=C(O)CCC/C=C/C1CCC(NS(=O)(=O)/C=C/c2cccc(Br)c2)C1. The second-order valence-electron chi connectivity index (χ2n) is 6.50. The molecule has 1 fully saturated rings. The number of allylic oxidation sites excluding steroid dienone is 2. The number of aliphatic carboxylic acids is 1. The largest absolute Gasteiger partial charge is 0.481 e. The molecule has 1 aromatic carbocycles. The second-order valence-corrected chi connectivity index (χ2v) is 9.02. The van der Waals surface area contributed by atoms with Gasteiger partial charge in [0.2, 0.25) is 10.0 Å². The molecular formula is C19H24BrNO4S. The van der Waals surface area contributed by atoms with Gasteiger partial charge in [-0.1, -0.05) is 40.2 Å². The van der Waals surface area contributed by atoms with Crippen molar-refractivity contribution in [1.82, 2.24) is 4.72 Å². The summed E-state index contributed by atoms with van der Waals surface area (Å²) in [7, 11) is -3.47. The van der Waals surface area contributed by atoms with Crippen LogP contribution in [-0.2, 0) is 14.8 Å². The third kappa shape index (κ3) is 7.85. The number of hydrogen-bond donors (Lipinski definition) is 2. The summed E-state index contributed by atoms with van der Waals surface area (Å²) in [5.41, 5.74) is 0.818. The number of carboxylic acids is 1. The molecule has 0 bridgehead atoms. The summed E-state index contributed by atoms with van der Waals surface area (Å²) in [6.07, 6.45) is 9.78. The Hall–Kier alpha value is -1.44. The number of carbonyl (C=O) groups is 1. The molecular weight excluding hydrogens is 418 g/mol. The van der Waals surface area contributed by atoms with Crippen LogP contribution in [0.2, 0.25) is 0 Å². The Morgan fingerprint density at radius 1 is 1.35 bits per heavy atom. The average molecular weight is 442 g/mol.